The fourth-order valence-corrected chi connectivity index (χ4v) is 0.914. The Morgan fingerprint density at radius 2 is 1.69 bits per heavy atom. The number of hydrogen-bond acceptors (Lipinski definition) is 4. The summed E-state index contributed by atoms with van der Waals surface area (Å²) < 4.78 is 15.2. The lowest BCUT2D eigenvalue weighted by atomic mass is 10.2. The molecule has 0 fully saturated rings. The highest BCUT2D eigenvalue weighted by Gasteiger charge is 2.30. The van der Waals surface area contributed by atoms with Gasteiger partial charge in [-0.25, -0.2) is 0 Å². The maximum Gasteiger partial charge on any atom is 0.168 e. The fraction of sp³-hybridized carbons (Fsp3) is 1.00. The van der Waals surface area contributed by atoms with Crippen LogP contribution in [-0.2, 0) is 14.2 Å². The lowest BCUT2D eigenvalue weighted by Crippen LogP contribution is -2.41. The Hall–Kier alpha value is -0.160. The van der Waals surface area contributed by atoms with Crippen LogP contribution in [-0.4, -0.2) is 37.5 Å². The van der Waals surface area contributed by atoms with E-state index in [4.69, 9.17) is 14.2 Å². The van der Waals surface area contributed by atoms with Crippen LogP contribution in [0, 0.1) is 0 Å². The number of aliphatic hydroxyl groups is 1. The quantitative estimate of drug-likeness (QED) is 0.641. The van der Waals surface area contributed by atoms with E-state index in [-0.39, 0.29) is 0 Å². The monoisotopic (exact) mass is 192 g/mol. The minimum absolute atomic E-state index is 0.413. The molecule has 0 saturated heterocycles. The molecule has 0 aliphatic heterocycles. The molecule has 0 aliphatic rings. The lowest BCUT2D eigenvalue weighted by Gasteiger charge is -2.33. The molecule has 0 rings (SSSR count). The van der Waals surface area contributed by atoms with Gasteiger partial charge in [0.2, 0.25) is 0 Å². The zero-order valence-electron chi connectivity index (χ0n) is 9.09. The molecule has 0 aromatic heterocycles. The Morgan fingerprint density at radius 3 is 2.08 bits per heavy atom. The SMILES string of the molecule is COCCC(C)(O)OC(C)(C)OC. The summed E-state index contributed by atoms with van der Waals surface area (Å²) >= 11 is 0. The minimum Gasteiger partial charge on any atom is -0.384 e. The first-order valence-electron chi connectivity index (χ1n) is 4.29. The number of hydrogen-bond donors (Lipinski definition) is 1. The first-order chi connectivity index (χ1) is 5.83. The molecule has 80 valence electrons. The Balaban J connectivity index is 4.00. The highest BCUT2D eigenvalue weighted by atomic mass is 16.7. The molecular weight excluding hydrogens is 172 g/mol. The van der Waals surface area contributed by atoms with Crippen molar-refractivity contribution < 1.29 is 19.3 Å². The van der Waals surface area contributed by atoms with Crippen LogP contribution in [0.2, 0.25) is 0 Å². The second-order valence-corrected chi connectivity index (χ2v) is 3.62. The van der Waals surface area contributed by atoms with Crippen LogP contribution in [0.3, 0.4) is 0 Å². The van der Waals surface area contributed by atoms with Crippen LogP contribution in [0.1, 0.15) is 27.2 Å². The summed E-state index contributed by atoms with van der Waals surface area (Å²) in [5, 5.41) is 9.73. The highest BCUT2D eigenvalue weighted by molar-refractivity contribution is 4.64. The average molecular weight is 192 g/mol. The van der Waals surface area contributed by atoms with Gasteiger partial charge in [0, 0.05) is 20.6 Å². The zero-order chi connectivity index (χ0) is 10.5. The van der Waals surface area contributed by atoms with Crippen LogP contribution in [0.4, 0.5) is 0 Å². The van der Waals surface area contributed by atoms with Gasteiger partial charge in [-0.05, 0) is 20.8 Å². The topological polar surface area (TPSA) is 47.9 Å². The Morgan fingerprint density at radius 1 is 1.15 bits per heavy atom. The van der Waals surface area contributed by atoms with Gasteiger partial charge in [-0.3, -0.25) is 0 Å². The van der Waals surface area contributed by atoms with Crippen molar-refractivity contribution in [2.75, 3.05) is 20.8 Å². The predicted molar refractivity (Wildman–Crippen MR) is 49.3 cm³/mol. The summed E-state index contributed by atoms with van der Waals surface area (Å²) in [6, 6.07) is 0. The normalized spacial score (nSPS) is 17.1. The molecule has 0 amide bonds. The Bertz CT molecular complexity index is 143. The first kappa shape index (κ1) is 12.8. The number of rotatable bonds is 6. The van der Waals surface area contributed by atoms with E-state index >= 15 is 0 Å². The Labute approximate surface area is 79.8 Å². The van der Waals surface area contributed by atoms with Crippen LogP contribution >= 0.6 is 0 Å². The van der Waals surface area contributed by atoms with Crippen LogP contribution < -0.4 is 0 Å². The maximum absolute atomic E-state index is 9.73. The second kappa shape index (κ2) is 4.91. The summed E-state index contributed by atoms with van der Waals surface area (Å²) in [5.74, 6) is -1.99. The molecule has 1 atom stereocenters. The van der Waals surface area contributed by atoms with E-state index in [9.17, 15) is 5.11 Å². The third-order valence-corrected chi connectivity index (χ3v) is 1.73. The van der Waals surface area contributed by atoms with Crippen LogP contribution in [0.5, 0.6) is 0 Å². The fourth-order valence-electron chi connectivity index (χ4n) is 0.914. The second-order valence-electron chi connectivity index (χ2n) is 3.62. The van der Waals surface area contributed by atoms with Gasteiger partial charge in [0.05, 0.1) is 6.61 Å². The van der Waals surface area contributed by atoms with Crippen molar-refractivity contribution in [3.05, 3.63) is 0 Å². The van der Waals surface area contributed by atoms with Crippen molar-refractivity contribution >= 4 is 0 Å². The van der Waals surface area contributed by atoms with E-state index in [0.717, 1.165) is 0 Å². The molecule has 4 heteroatoms. The van der Waals surface area contributed by atoms with Crippen LogP contribution in [0.25, 0.3) is 0 Å². The summed E-state index contributed by atoms with van der Waals surface area (Å²) in [7, 11) is 3.12. The molecule has 1 unspecified atom stereocenters. The number of ether oxygens (including phenoxy) is 3. The lowest BCUT2D eigenvalue weighted by molar-refractivity contribution is -0.323. The van der Waals surface area contributed by atoms with E-state index < -0.39 is 11.6 Å². The van der Waals surface area contributed by atoms with Gasteiger partial charge in [-0.15, -0.1) is 0 Å². The van der Waals surface area contributed by atoms with Crippen molar-refractivity contribution in [2.45, 2.75) is 38.8 Å². The van der Waals surface area contributed by atoms with E-state index in [0.29, 0.717) is 13.0 Å². The molecule has 0 bridgehead atoms. The van der Waals surface area contributed by atoms with E-state index in [1.165, 1.54) is 7.11 Å². The van der Waals surface area contributed by atoms with Crippen LogP contribution in [0.15, 0.2) is 0 Å². The number of methoxy groups -OCH3 is 2. The van der Waals surface area contributed by atoms with Gasteiger partial charge in [-0.1, -0.05) is 0 Å². The van der Waals surface area contributed by atoms with E-state index in [2.05, 4.69) is 0 Å². The molecule has 1 N–H and O–H groups in total. The predicted octanol–water partition coefficient (Wildman–Crippen LogP) is 1.13. The molecule has 0 radical (unpaired) electrons. The highest BCUT2D eigenvalue weighted by Crippen LogP contribution is 2.21. The van der Waals surface area contributed by atoms with Crippen molar-refractivity contribution in [2.24, 2.45) is 0 Å². The standard InChI is InChI=1S/C9H20O4/c1-8(2,12-5)13-9(3,10)6-7-11-4/h10H,6-7H2,1-5H3. The summed E-state index contributed by atoms with van der Waals surface area (Å²) in [5.41, 5.74) is 0. The minimum atomic E-state index is -1.21. The molecule has 13 heavy (non-hydrogen) atoms. The van der Waals surface area contributed by atoms with Crippen molar-refractivity contribution in [1.82, 2.24) is 0 Å². The van der Waals surface area contributed by atoms with Crippen molar-refractivity contribution in [3.63, 3.8) is 0 Å². The third kappa shape index (κ3) is 5.99. The molecule has 0 heterocycles. The van der Waals surface area contributed by atoms with Gasteiger partial charge in [-0.2, -0.15) is 0 Å². The molecule has 0 aliphatic carbocycles. The van der Waals surface area contributed by atoms with Gasteiger partial charge in [0.15, 0.2) is 11.6 Å². The van der Waals surface area contributed by atoms with E-state index in [1.54, 1.807) is 27.9 Å². The molecule has 0 saturated carbocycles. The average Bonchev–Trinajstić information content (AvgIpc) is 1.99. The third-order valence-electron chi connectivity index (χ3n) is 1.73. The van der Waals surface area contributed by atoms with Crippen molar-refractivity contribution in [3.8, 4) is 0 Å². The molecule has 4 nitrogen and oxygen atoms in total. The zero-order valence-corrected chi connectivity index (χ0v) is 9.09. The maximum atomic E-state index is 9.73. The van der Waals surface area contributed by atoms with Gasteiger partial charge in [0.25, 0.3) is 0 Å². The smallest absolute Gasteiger partial charge is 0.168 e. The molecular formula is C9H20O4. The first-order valence-corrected chi connectivity index (χ1v) is 4.29. The molecule has 0 aromatic carbocycles. The van der Waals surface area contributed by atoms with Gasteiger partial charge < -0.3 is 19.3 Å². The molecule has 0 aromatic rings. The van der Waals surface area contributed by atoms with E-state index in [1.807, 2.05) is 0 Å². The van der Waals surface area contributed by atoms with Gasteiger partial charge >= 0.3 is 0 Å². The summed E-state index contributed by atoms with van der Waals surface area (Å²) in [6.07, 6.45) is 0.413. The summed E-state index contributed by atoms with van der Waals surface area (Å²) in [6.45, 7) is 5.53. The summed E-state index contributed by atoms with van der Waals surface area (Å²) in [4.78, 5) is 0. The van der Waals surface area contributed by atoms with Crippen molar-refractivity contribution in [1.29, 1.82) is 0 Å². The largest absolute Gasteiger partial charge is 0.384 e. The molecule has 0 spiro atoms. The van der Waals surface area contributed by atoms with Gasteiger partial charge in [0.1, 0.15) is 0 Å². The Kier molecular flexibility index (Phi) is 4.85.